The number of nitrogens with two attached hydrogens (primary N) is 1. The van der Waals surface area contributed by atoms with E-state index in [9.17, 15) is 4.39 Å². The molecule has 0 bridgehead atoms. The summed E-state index contributed by atoms with van der Waals surface area (Å²) in [5, 5.41) is 0. The molecule has 0 spiro atoms. The molecule has 2 aromatic rings. The number of hydrogen-bond donors (Lipinski definition) is 1. The predicted octanol–water partition coefficient (Wildman–Crippen LogP) is 3.39. The van der Waals surface area contributed by atoms with Gasteiger partial charge in [0.05, 0.1) is 13.2 Å². The Morgan fingerprint density at radius 1 is 1.33 bits per heavy atom. The zero-order valence-electron chi connectivity index (χ0n) is 11.6. The van der Waals surface area contributed by atoms with Crippen molar-refractivity contribution in [2.75, 3.05) is 12.9 Å². The van der Waals surface area contributed by atoms with Crippen LogP contribution in [0.2, 0.25) is 0 Å². The quantitative estimate of drug-likeness (QED) is 0.944. The molecule has 3 rings (SSSR count). The van der Waals surface area contributed by atoms with Gasteiger partial charge in [-0.25, -0.2) is 4.39 Å². The number of ether oxygens (including phenoxy) is 2. The summed E-state index contributed by atoms with van der Waals surface area (Å²) in [6.07, 6.45) is -0.183. The number of benzene rings is 2. The molecule has 0 saturated carbocycles. The summed E-state index contributed by atoms with van der Waals surface area (Å²) in [6.45, 7) is 0. The smallest absolute Gasteiger partial charge is 0.165 e. The van der Waals surface area contributed by atoms with E-state index in [1.807, 2.05) is 24.3 Å². The van der Waals surface area contributed by atoms with Crippen LogP contribution in [0.3, 0.4) is 0 Å². The van der Waals surface area contributed by atoms with Crippen LogP contribution in [-0.2, 0) is 0 Å². The number of methoxy groups -OCH3 is 1. The Morgan fingerprint density at radius 3 is 2.90 bits per heavy atom. The van der Waals surface area contributed by atoms with E-state index in [-0.39, 0.29) is 17.9 Å². The normalized spacial score (nSPS) is 18.5. The van der Waals surface area contributed by atoms with Crippen molar-refractivity contribution in [1.82, 2.24) is 0 Å². The van der Waals surface area contributed by atoms with Crippen LogP contribution in [0.4, 0.5) is 4.39 Å². The molecule has 2 aromatic carbocycles. The van der Waals surface area contributed by atoms with Crippen LogP contribution < -0.4 is 15.2 Å². The largest absolute Gasteiger partial charge is 0.494 e. The van der Waals surface area contributed by atoms with Gasteiger partial charge in [-0.1, -0.05) is 18.2 Å². The molecule has 1 heterocycles. The molecule has 0 radical (unpaired) electrons. The van der Waals surface area contributed by atoms with Gasteiger partial charge in [0, 0.05) is 10.6 Å². The van der Waals surface area contributed by atoms with Gasteiger partial charge in [0.2, 0.25) is 0 Å². The molecule has 0 fully saturated rings. The van der Waals surface area contributed by atoms with Crippen molar-refractivity contribution in [2.45, 2.75) is 17.0 Å². The Labute approximate surface area is 127 Å². The summed E-state index contributed by atoms with van der Waals surface area (Å²) in [5.41, 5.74) is 6.95. The van der Waals surface area contributed by atoms with E-state index >= 15 is 0 Å². The van der Waals surface area contributed by atoms with Crippen molar-refractivity contribution in [1.29, 1.82) is 0 Å². The van der Waals surface area contributed by atoms with Gasteiger partial charge in [-0.05, 0) is 29.8 Å². The average molecular weight is 305 g/mol. The molecule has 1 aliphatic heterocycles. The molecule has 0 saturated heterocycles. The van der Waals surface area contributed by atoms with Gasteiger partial charge in [-0.15, -0.1) is 11.8 Å². The highest BCUT2D eigenvalue weighted by molar-refractivity contribution is 7.99. The molecule has 1 aliphatic rings. The standard InChI is InChI=1S/C16H16FNO2S/c1-19-12-7-6-10(8-11(12)17)16(18)14-9-21-15-5-3-2-4-13(15)20-14/h2-8,14,16H,9,18H2,1H3. The van der Waals surface area contributed by atoms with Crippen molar-refractivity contribution in [2.24, 2.45) is 5.73 Å². The van der Waals surface area contributed by atoms with Gasteiger partial charge in [0.15, 0.2) is 11.6 Å². The van der Waals surface area contributed by atoms with Gasteiger partial charge in [-0.2, -0.15) is 0 Å². The molecule has 0 aliphatic carbocycles. The van der Waals surface area contributed by atoms with E-state index in [2.05, 4.69) is 0 Å². The van der Waals surface area contributed by atoms with Crippen molar-refractivity contribution in [3.63, 3.8) is 0 Å². The fourth-order valence-corrected chi connectivity index (χ4v) is 3.37. The first-order valence-electron chi connectivity index (χ1n) is 6.66. The summed E-state index contributed by atoms with van der Waals surface area (Å²) >= 11 is 1.71. The monoisotopic (exact) mass is 305 g/mol. The molecular weight excluding hydrogens is 289 g/mol. The molecule has 110 valence electrons. The first-order valence-corrected chi connectivity index (χ1v) is 7.65. The minimum Gasteiger partial charge on any atom is -0.494 e. The summed E-state index contributed by atoms with van der Waals surface area (Å²) in [4.78, 5) is 1.11. The maximum absolute atomic E-state index is 13.8. The van der Waals surface area contributed by atoms with Gasteiger partial charge in [0.25, 0.3) is 0 Å². The Morgan fingerprint density at radius 2 is 2.14 bits per heavy atom. The SMILES string of the molecule is COc1ccc(C(N)C2CSc3ccccc3O2)cc1F. The number of hydrogen-bond acceptors (Lipinski definition) is 4. The zero-order chi connectivity index (χ0) is 14.8. The van der Waals surface area contributed by atoms with Crippen molar-refractivity contribution < 1.29 is 13.9 Å². The molecule has 2 unspecified atom stereocenters. The fourth-order valence-electron chi connectivity index (χ4n) is 2.32. The lowest BCUT2D eigenvalue weighted by Gasteiger charge is -2.30. The van der Waals surface area contributed by atoms with Crippen LogP contribution >= 0.6 is 11.8 Å². The average Bonchev–Trinajstić information content (AvgIpc) is 2.53. The van der Waals surface area contributed by atoms with Gasteiger partial charge in [-0.3, -0.25) is 0 Å². The first-order chi connectivity index (χ1) is 10.2. The number of rotatable bonds is 3. The molecule has 2 atom stereocenters. The second-order valence-corrected chi connectivity index (χ2v) is 5.90. The maximum Gasteiger partial charge on any atom is 0.165 e. The third-order valence-corrected chi connectivity index (χ3v) is 4.64. The minimum absolute atomic E-state index is 0.183. The van der Waals surface area contributed by atoms with Crippen LogP contribution in [0.15, 0.2) is 47.4 Å². The number of thioether (sulfide) groups is 1. The van der Waals surface area contributed by atoms with Gasteiger partial charge < -0.3 is 15.2 Å². The number of fused-ring (bicyclic) bond motifs is 1. The highest BCUT2D eigenvalue weighted by Crippen LogP contribution is 2.38. The highest BCUT2D eigenvalue weighted by atomic mass is 32.2. The van der Waals surface area contributed by atoms with E-state index in [4.69, 9.17) is 15.2 Å². The lowest BCUT2D eigenvalue weighted by molar-refractivity contribution is 0.185. The summed E-state index contributed by atoms with van der Waals surface area (Å²) in [5.74, 6) is 1.39. The van der Waals surface area contributed by atoms with Crippen LogP contribution in [0, 0.1) is 5.82 Å². The molecule has 2 N–H and O–H groups in total. The minimum atomic E-state index is -0.408. The van der Waals surface area contributed by atoms with Crippen molar-refractivity contribution >= 4 is 11.8 Å². The van der Waals surface area contributed by atoms with E-state index in [0.717, 1.165) is 16.4 Å². The molecule has 21 heavy (non-hydrogen) atoms. The number of para-hydroxylation sites is 1. The Bertz CT molecular complexity index is 650. The van der Waals surface area contributed by atoms with Crippen molar-refractivity contribution in [3.05, 3.63) is 53.8 Å². The Kier molecular flexibility index (Phi) is 4.03. The first kappa shape index (κ1) is 14.2. The van der Waals surface area contributed by atoms with Crippen LogP contribution in [0.25, 0.3) is 0 Å². The second-order valence-electron chi connectivity index (χ2n) is 4.83. The third kappa shape index (κ3) is 2.84. The second kappa shape index (κ2) is 5.95. The van der Waals surface area contributed by atoms with Crippen LogP contribution in [0.5, 0.6) is 11.5 Å². The summed E-state index contributed by atoms with van der Waals surface area (Å²) in [6, 6.07) is 12.3. The third-order valence-electron chi connectivity index (χ3n) is 3.49. The van der Waals surface area contributed by atoms with E-state index in [1.54, 1.807) is 23.9 Å². The summed E-state index contributed by atoms with van der Waals surface area (Å²) < 4.78 is 24.7. The fraction of sp³-hybridized carbons (Fsp3) is 0.250. The molecular formula is C16H16FNO2S. The molecule has 5 heteroatoms. The van der Waals surface area contributed by atoms with E-state index in [0.29, 0.717) is 5.56 Å². The number of halogens is 1. The van der Waals surface area contributed by atoms with Crippen LogP contribution in [-0.4, -0.2) is 19.0 Å². The lowest BCUT2D eigenvalue weighted by Crippen LogP contribution is -2.35. The molecule has 0 amide bonds. The van der Waals surface area contributed by atoms with E-state index < -0.39 is 5.82 Å². The highest BCUT2D eigenvalue weighted by Gasteiger charge is 2.27. The lowest BCUT2D eigenvalue weighted by atomic mass is 10.0. The van der Waals surface area contributed by atoms with Gasteiger partial charge in [0.1, 0.15) is 11.9 Å². The zero-order valence-corrected chi connectivity index (χ0v) is 12.4. The molecule has 0 aromatic heterocycles. The van der Waals surface area contributed by atoms with Crippen molar-refractivity contribution in [3.8, 4) is 11.5 Å². The maximum atomic E-state index is 13.8. The van der Waals surface area contributed by atoms with Crippen LogP contribution in [0.1, 0.15) is 11.6 Å². The summed E-state index contributed by atoms with van der Waals surface area (Å²) in [7, 11) is 1.44. The van der Waals surface area contributed by atoms with E-state index in [1.165, 1.54) is 13.2 Å². The van der Waals surface area contributed by atoms with Gasteiger partial charge >= 0.3 is 0 Å². The topological polar surface area (TPSA) is 44.5 Å². The predicted molar refractivity (Wildman–Crippen MR) is 81.5 cm³/mol. The Hall–Kier alpha value is -1.72. The Balaban J connectivity index is 1.80. The molecule has 3 nitrogen and oxygen atoms in total.